The van der Waals surface area contributed by atoms with Gasteiger partial charge in [0.15, 0.2) is 0 Å². The van der Waals surface area contributed by atoms with Gasteiger partial charge in [-0.3, -0.25) is 14.2 Å². The molecule has 0 aliphatic rings. The minimum absolute atomic E-state index is 0.123. The van der Waals surface area contributed by atoms with E-state index >= 15 is 0 Å². The van der Waals surface area contributed by atoms with Crippen molar-refractivity contribution in [3.63, 3.8) is 0 Å². The van der Waals surface area contributed by atoms with Crippen LogP contribution in [0.25, 0.3) is 22.6 Å². The van der Waals surface area contributed by atoms with Crippen molar-refractivity contribution >= 4 is 11.2 Å². The van der Waals surface area contributed by atoms with Crippen LogP contribution >= 0.6 is 0 Å². The highest BCUT2D eigenvalue weighted by Crippen LogP contribution is 2.19. The number of hydrogen-bond acceptors (Lipinski definition) is 5. The Bertz CT molecular complexity index is 1170. The van der Waals surface area contributed by atoms with Gasteiger partial charge in [0.1, 0.15) is 11.3 Å². The maximum Gasteiger partial charge on any atom is 0.258 e. The first-order valence-electron chi connectivity index (χ1n) is 8.61. The summed E-state index contributed by atoms with van der Waals surface area (Å²) < 4.78 is 3.36. The Kier molecular flexibility index (Phi) is 4.00. The van der Waals surface area contributed by atoms with Crippen molar-refractivity contribution in [3.8, 4) is 11.4 Å². The van der Waals surface area contributed by atoms with Crippen LogP contribution in [-0.4, -0.2) is 30.5 Å². The summed E-state index contributed by atoms with van der Waals surface area (Å²) in [5, 5.41) is 4.56. The molecule has 7 heteroatoms. The number of rotatable bonds is 4. The van der Waals surface area contributed by atoms with Gasteiger partial charge in [0.05, 0.1) is 28.8 Å². The molecular formula is C19H20N6O. The molecule has 7 nitrogen and oxygen atoms in total. The first-order valence-corrected chi connectivity index (χ1v) is 8.61. The van der Waals surface area contributed by atoms with Crippen LogP contribution in [0.3, 0.4) is 0 Å². The van der Waals surface area contributed by atoms with Gasteiger partial charge in [0.2, 0.25) is 0 Å². The van der Waals surface area contributed by atoms with Gasteiger partial charge in [-0.1, -0.05) is 6.07 Å². The summed E-state index contributed by atoms with van der Waals surface area (Å²) >= 11 is 0. The van der Waals surface area contributed by atoms with E-state index in [1.807, 2.05) is 44.4 Å². The molecule has 0 aliphatic carbocycles. The summed E-state index contributed by atoms with van der Waals surface area (Å²) in [6.07, 6.45) is 5.44. The van der Waals surface area contributed by atoms with Crippen LogP contribution in [0.5, 0.6) is 0 Å². The van der Waals surface area contributed by atoms with Gasteiger partial charge in [0, 0.05) is 12.3 Å². The van der Waals surface area contributed by atoms with Crippen molar-refractivity contribution in [1.29, 1.82) is 0 Å². The van der Waals surface area contributed by atoms with Gasteiger partial charge in [-0.2, -0.15) is 5.10 Å². The molecule has 0 spiro atoms. The minimum atomic E-state index is -0.123. The predicted molar refractivity (Wildman–Crippen MR) is 100 cm³/mol. The molecule has 0 atom stereocenters. The molecule has 4 rings (SSSR count). The second-order valence-corrected chi connectivity index (χ2v) is 6.46. The first kappa shape index (κ1) is 16.4. The number of aryl methyl sites for hydroxylation is 3. The summed E-state index contributed by atoms with van der Waals surface area (Å²) in [4.78, 5) is 21.7. The molecule has 4 aromatic rings. The summed E-state index contributed by atoms with van der Waals surface area (Å²) in [6.45, 7) is 4.50. The zero-order chi connectivity index (χ0) is 18.3. The van der Waals surface area contributed by atoms with E-state index in [1.165, 1.54) is 6.07 Å². The average Bonchev–Trinajstić information content (AvgIpc) is 3.04. The van der Waals surface area contributed by atoms with Crippen molar-refractivity contribution in [2.45, 2.75) is 26.7 Å². The molecule has 4 aromatic heterocycles. The van der Waals surface area contributed by atoms with Gasteiger partial charge in [-0.25, -0.2) is 9.50 Å². The Morgan fingerprint density at radius 3 is 2.73 bits per heavy atom. The molecule has 0 aliphatic heterocycles. The lowest BCUT2D eigenvalue weighted by molar-refractivity contribution is 0.824. The fourth-order valence-corrected chi connectivity index (χ4v) is 3.15. The highest BCUT2D eigenvalue weighted by molar-refractivity contribution is 5.66. The monoisotopic (exact) mass is 348 g/mol. The van der Waals surface area contributed by atoms with Crippen molar-refractivity contribution < 1.29 is 0 Å². The molecule has 132 valence electrons. The standard InChI is InChI=1S/C19H20N6O/c1-12-10-25-17(13(2)21-12)8-16(23-25)15-9-19(26)24-11-14(4-3-7-20)5-6-18(24)22-15/h5-6,8-11H,3-4,7,20H2,1-2H3. The number of pyridine rings is 1. The van der Waals surface area contributed by atoms with Gasteiger partial charge in [-0.15, -0.1) is 0 Å². The summed E-state index contributed by atoms with van der Waals surface area (Å²) in [5.41, 5.74) is 11.0. The fourth-order valence-electron chi connectivity index (χ4n) is 3.15. The summed E-state index contributed by atoms with van der Waals surface area (Å²) in [7, 11) is 0. The second kappa shape index (κ2) is 6.34. The molecule has 0 fully saturated rings. The Balaban J connectivity index is 1.82. The lowest BCUT2D eigenvalue weighted by Gasteiger charge is -2.05. The summed E-state index contributed by atoms with van der Waals surface area (Å²) in [5.74, 6) is 0. The van der Waals surface area contributed by atoms with E-state index in [0.29, 0.717) is 23.6 Å². The first-order chi connectivity index (χ1) is 12.5. The molecule has 0 aromatic carbocycles. The number of nitrogens with zero attached hydrogens (tertiary/aromatic N) is 5. The van der Waals surface area contributed by atoms with Crippen LogP contribution in [-0.2, 0) is 6.42 Å². The molecule has 0 unspecified atom stereocenters. The van der Waals surface area contributed by atoms with Crippen molar-refractivity contribution in [2.75, 3.05) is 6.54 Å². The topological polar surface area (TPSA) is 90.6 Å². The number of hydrogen-bond donors (Lipinski definition) is 1. The average molecular weight is 348 g/mol. The van der Waals surface area contributed by atoms with E-state index in [-0.39, 0.29) is 5.56 Å². The van der Waals surface area contributed by atoms with Gasteiger partial charge in [-0.05, 0) is 50.9 Å². The normalized spacial score (nSPS) is 11.5. The predicted octanol–water partition coefficient (Wildman–Crippen LogP) is 1.91. The van der Waals surface area contributed by atoms with E-state index in [1.54, 1.807) is 8.92 Å². The molecule has 0 saturated carbocycles. The Hall–Kier alpha value is -3.06. The van der Waals surface area contributed by atoms with Crippen LogP contribution in [0.2, 0.25) is 0 Å². The smallest absolute Gasteiger partial charge is 0.258 e. The van der Waals surface area contributed by atoms with E-state index < -0.39 is 0 Å². The Morgan fingerprint density at radius 1 is 1.08 bits per heavy atom. The Labute approximate surface area is 150 Å². The zero-order valence-electron chi connectivity index (χ0n) is 14.8. The molecular weight excluding hydrogens is 328 g/mol. The highest BCUT2D eigenvalue weighted by atomic mass is 16.1. The van der Waals surface area contributed by atoms with Crippen LogP contribution in [0, 0.1) is 13.8 Å². The van der Waals surface area contributed by atoms with E-state index in [2.05, 4.69) is 15.1 Å². The van der Waals surface area contributed by atoms with Crippen LogP contribution < -0.4 is 11.3 Å². The van der Waals surface area contributed by atoms with Crippen LogP contribution in [0.15, 0.2) is 41.5 Å². The molecule has 2 N–H and O–H groups in total. The molecule has 0 amide bonds. The molecule has 0 bridgehead atoms. The van der Waals surface area contributed by atoms with Gasteiger partial charge in [0.25, 0.3) is 5.56 Å². The molecule has 0 radical (unpaired) electrons. The third kappa shape index (κ3) is 2.86. The molecule has 26 heavy (non-hydrogen) atoms. The highest BCUT2D eigenvalue weighted by Gasteiger charge is 2.11. The van der Waals surface area contributed by atoms with Crippen molar-refractivity contribution in [3.05, 3.63) is 64.0 Å². The lowest BCUT2D eigenvalue weighted by Crippen LogP contribution is -2.15. The number of fused-ring (bicyclic) bond motifs is 2. The molecule has 4 heterocycles. The van der Waals surface area contributed by atoms with Crippen molar-refractivity contribution in [2.24, 2.45) is 5.73 Å². The van der Waals surface area contributed by atoms with Gasteiger partial charge < -0.3 is 5.73 Å². The minimum Gasteiger partial charge on any atom is -0.330 e. The summed E-state index contributed by atoms with van der Waals surface area (Å²) in [6, 6.07) is 7.29. The number of nitrogens with two attached hydrogens (primary N) is 1. The fraction of sp³-hybridized carbons (Fsp3) is 0.263. The number of aromatic nitrogens is 5. The third-order valence-corrected chi connectivity index (χ3v) is 4.41. The van der Waals surface area contributed by atoms with E-state index in [0.717, 1.165) is 35.3 Å². The van der Waals surface area contributed by atoms with Gasteiger partial charge >= 0.3 is 0 Å². The van der Waals surface area contributed by atoms with E-state index in [4.69, 9.17) is 5.73 Å². The van der Waals surface area contributed by atoms with Crippen LogP contribution in [0.1, 0.15) is 23.4 Å². The second-order valence-electron chi connectivity index (χ2n) is 6.46. The van der Waals surface area contributed by atoms with Crippen molar-refractivity contribution in [1.82, 2.24) is 24.0 Å². The van der Waals surface area contributed by atoms with Crippen LogP contribution in [0.4, 0.5) is 0 Å². The largest absolute Gasteiger partial charge is 0.330 e. The third-order valence-electron chi connectivity index (χ3n) is 4.41. The quantitative estimate of drug-likeness (QED) is 0.608. The molecule has 0 saturated heterocycles. The van der Waals surface area contributed by atoms with E-state index in [9.17, 15) is 4.79 Å². The maximum absolute atomic E-state index is 12.6. The lowest BCUT2D eigenvalue weighted by atomic mass is 10.1. The zero-order valence-corrected chi connectivity index (χ0v) is 14.8. The maximum atomic E-state index is 12.6. The SMILES string of the molecule is Cc1cn2nc(-c3cc(=O)n4cc(CCCN)ccc4n3)cc2c(C)n1. The Morgan fingerprint density at radius 2 is 1.92 bits per heavy atom.